The number of rotatable bonds is 2. The van der Waals surface area contributed by atoms with Crippen molar-refractivity contribution in [3.05, 3.63) is 23.3 Å². The van der Waals surface area contributed by atoms with E-state index in [0.717, 1.165) is 11.1 Å². The molecule has 0 fully saturated rings. The molecule has 0 saturated carbocycles. The van der Waals surface area contributed by atoms with Crippen molar-refractivity contribution in [1.29, 1.82) is 0 Å². The van der Waals surface area contributed by atoms with Gasteiger partial charge in [0.15, 0.2) is 0 Å². The first-order valence-electron chi connectivity index (χ1n) is 3.53. The van der Waals surface area contributed by atoms with Crippen molar-refractivity contribution in [3.63, 3.8) is 0 Å². The smallest absolute Gasteiger partial charge is 0.119 e. The van der Waals surface area contributed by atoms with E-state index in [9.17, 15) is 4.39 Å². The van der Waals surface area contributed by atoms with E-state index in [1.54, 1.807) is 6.92 Å². The third-order valence-electron chi connectivity index (χ3n) is 1.64. The van der Waals surface area contributed by atoms with Crippen LogP contribution in [0, 0.1) is 0 Å². The largest absolute Gasteiger partial charge is 0.243 e. The third kappa shape index (κ3) is 2.81. The van der Waals surface area contributed by atoms with Crippen LogP contribution in [0.2, 0.25) is 0 Å². The molecule has 0 amide bonds. The van der Waals surface area contributed by atoms with Crippen LogP contribution in [0.4, 0.5) is 4.39 Å². The fourth-order valence-corrected chi connectivity index (χ4v) is 0.695. The fourth-order valence-electron chi connectivity index (χ4n) is 0.695. The Morgan fingerprint density at radius 1 is 1.40 bits per heavy atom. The van der Waals surface area contributed by atoms with Gasteiger partial charge in [0.1, 0.15) is 6.17 Å². The summed E-state index contributed by atoms with van der Waals surface area (Å²) in [4.78, 5) is 0. The van der Waals surface area contributed by atoms with Crippen molar-refractivity contribution in [2.75, 3.05) is 0 Å². The first-order chi connectivity index (χ1) is 4.59. The zero-order chi connectivity index (χ0) is 8.15. The number of alkyl halides is 1. The van der Waals surface area contributed by atoms with Crippen molar-refractivity contribution in [3.8, 4) is 0 Å². The highest BCUT2D eigenvalue weighted by molar-refractivity contribution is 5.23. The van der Waals surface area contributed by atoms with E-state index in [-0.39, 0.29) is 0 Å². The normalized spacial score (nSPS) is 17.3. The average molecular weight is 142 g/mol. The highest BCUT2D eigenvalue weighted by Crippen LogP contribution is 2.11. The molecule has 1 heteroatoms. The monoisotopic (exact) mass is 142 g/mol. The first-order valence-corrected chi connectivity index (χ1v) is 3.53. The van der Waals surface area contributed by atoms with Gasteiger partial charge in [-0.15, -0.1) is 0 Å². The molecule has 58 valence electrons. The van der Waals surface area contributed by atoms with Crippen molar-refractivity contribution in [1.82, 2.24) is 0 Å². The molecule has 0 saturated heterocycles. The molecule has 1 atom stereocenters. The van der Waals surface area contributed by atoms with E-state index in [4.69, 9.17) is 0 Å². The zero-order valence-corrected chi connectivity index (χ0v) is 7.11. The Bertz CT molecular complexity index is 152. The lowest BCUT2D eigenvalue weighted by Crippen LogP contribution is -1.95. The predicted octanol–water partition coefficient (Wildman–Crippen LogP) is 3.26. The SMILES string of the molecule is CC=CC(C)=C(C)C(C)F. The molecule has 0 heterocycles. The minimum atomic E-state index is -0.823. The fraction of sp³-hybridized carbons (Fsp3) is 0.556. The summed E-state index contributed by atoms with van der Waals surface area (Å²) in [5, 5.41) is 0. The van der Waals surface area contributed by atoms with Gasteiger partial charge in [0.05, 0.1) is 0 Å². The second kappa shape index (κ2) is 4.26. The molecule has 0 rings (SSSR count). The second-order valence-corrected chi connectivity index (χ2v) is 2.48. The van der Waals surface area contributed by atoms with Gasteiger partial charge in [-0.2, -0.15) is 0 Å². The molecule has 0 aromatic carbocycles. The molecule has 0 radical (unpaired) electrons. The molecule has 0 aliphatic carbocycles. The summed E-state index contributed by atoms with van der Waals surface area (Å²) in [5.74, 6) is 0. The second-order valence-electron chi connectivity index (χ2n) is 2.48. The van der Waals surface area contributed by atoms with E-state index >= 15 is 0 Å². The molecular formula is C9H15F. The van der Waals surface area contributed by atoms with E-state index < -0.39 is 6.17 Å². The Kier molecular flexibility index (Phi) is 4.01. The van der Waals surface area contributed by atoms with Crippen LogP contribution in [0.1, 0.15) is 27.7 Å². The van der Waals surface area contributed by atoms with Gasteiger partial charge in [0.2, 0.25) is 0 Å². The third-order valence-corrected chi connectivity index (χ3v) is 1.64. The summed E-state index contributed by atoms with van der Waals surface area (Å²) in [7, 11) is 0. The lowest BCUT2D eigenvalue weighted by atomic mass is 10.1. The van der Waals surface area contributed by atoms with Crippen LogP contribution in [0.15, 0.2) is 23.3 Å². The lowest BCUT2D eigenvalue weighted by molar-refractivity contribution is 0.409. The molecular weight excluding hydrogens is 127 g/mol. The maximum atomic E-state index is 12.6. The minimum Gasteiger partial charge on any atom is -0.243 e. The molecule has 0 bridgehead atoms. The lowest BCUT2D eigenvalue weighted by Gasteiger charge is -2.03. The van der Waals surface area contributed by atoms with Crippen LogP contribution < -0.4 is 0 Å². The number of hydrogen-bond donors (Lipinski definition) is 0. The molecule has 0 aromatic rings. The first kappa shape index (κ1) is 9.41. The van der Waals surface area contributed by atoms with Crippen LogP contribution in [0.3, 0.4) is 0 Å². The Hall–Kier alpha value is -0.590. The molecule has 0 aliphatic rings. The quantitative estimate of drug-likeness (QED) is 0.519. The number of hydrogen-bond acceptors (Lipinski definition) is 0. The van der Waals surface area contributed by atoms with Crippen molar-refractivity contribution in [2.45, 2.75) is 33.9 Å². The van der Waals surface area contributed by atoms with Crippen molar-refractivity contribution in [2.24, 2.45) is 0 Å². The molecule has 0 aromatic heterocycles. The maximum absolute atomic E-state index is 12.6. The van der Waals surface area contributed by atoms with Crippen LogP contribution in [-0.2, 0) is 0 Å². The van der Waals surface area contributed by atoms with Crippen LogP contribution >= 0.6 is 0 Å². The van der Waals surface area contributed by atoms with Crippen LogP contribution in [-0.4, -0.2) is 6.17 Å². The van der Waals surface area contributed by atoms with E-state index in [1.807, 2.05) is 32.9 Å². The van der Waals surface area contributed by atoms with E-state index in [0.29, 0.717) is 0 Å². The Labute approximate surface area is 62.4 Å². The summed E-state index contributed by atoms with van der Waals surface area (Å²) >= 11 is 0. The molecule has 10 heavy (non-hydrogen) atoms. The van der Waals surface area contributed by atoms with Gasteiger partial charge in [-0.3, -0.25) is 0 Å². The summed E-state index contributed by atoms with van der Waals surface area (Å²) in [6.07, 6.45) is 3.02. The maximum Gasteiger partial charge on any atom is 0.119 e. The van der Waals surface area contributed by atoms with Gasteiger partial charge < -0.3 is 0 Å². The topological polar surface area (TPSA) is 0 Å². The van der Waals surface area contributed by atoms with Gasteiger partial charge in [-0.25, -0.2) is 4.39 Å². The van der Waals surface area contributed by atoms with Crippen LogP contribution in [0.5, 0.6) is 0 Å². The predicted molar refractivity (Wildman–Crippen MR) is 43.8 cm³/mol. The highest BCUT2D eigenvalue weighted by atomic mass is 19.1. The van der Waals surface area contributed by atoms with Gasteiger partial charge in [-0.1, -0.05) is 12.2 Å². The van der Waals surface area contributed by atoms with E-state index in [1.165, 1.54) is 0 Å². The molecule has 0 spiro atoms. The van der Waals surface area contributed by atoms with Crippen molar-refractivity contribution >= 4 is 0 Å². The standard InChI is InChI=1S/C9H15F/c1-5-6-7(2)8(3)9(4)10/h5-6,9H,1-4H3. The molecule has 0 aliphatic heterocycles. The van der Waals surface area contributed by atoms with Gasteiger partial charge >= 0.3 is 0 Å². The number of allylic oxidation sites excluding steroid dienone is 4. The molecule has 0 nitrogen and oxygen atoms in total. The zero-order valence-electron chi connectivity index (χ0n) is 7.11. The molecule has 0 N–H and O–H groups in total. The minimum absolute atomic E-state index is 0.818. The molecule has 1 unspecified atom stereocenters. The summed E-state index contributed by atoms with van der Waals surface area (Å²) in [6, 6.07) is 0. The Morgan fingerprint density at radius 3 is 2.20 bits per heavy atom. The van der Waals surface area contributed by atoms with Crippen molar-refractivity contribution < 1.29 is 4.39 Å². The van der Waals surface area contributed by atoms with Gasteiger partial charge in [0, 0.05) is 0 Å². The van der Waals surface area contributed by atoms with Gasteiger partial charge in [0.25, 0.3) is 0 Å². The van der Waals surface area contributed by atoms with Gasteiger partial charge in [-0.05, 0) is 38.8 Å². The summed E-state index contributed by atoms with van der Waals surface area (Å²) in [6.45, 7) is 7.23. The summed E-state index contributed by atoms with van der Waals surface area (Å²) in [5.41, 5.74) is 1.84. The Balaban J connectivity index is 4.34. The number of halogens is 1. The Morgan fingerprint density at radius 2 is 1.90 bits per heavy atom. The summed E-state index contributed by atoms with van der Waals surface area (Å²) < 4.78 is 12.6. The van der Waals surface area contributed by atoms with E-state index in [2.05, 4.69) is 0 Å². The van der Waals surface area contributed by atoms with Crippen LogP contribution in [0.25, 0.3) is 0 Å². The average Bonchev–Trinajstić information content (AvgIpc) is 1.87. The highest BCUT2D eigenvalue weighted by Gasteiger charge is 2.01.